The second-order valence-corrected chi connectivity index (χ2v) is 5.09. The van der Waals surface area contributed by atoms with Crippen molar-refractivity contribution >= 4 is 11.0 Å². The maximum atomic E-state index is 4.67. The molecule has 1 aromatic heterocycles. The third-order valence-electron chi connectivity index (χ3n) is 3.42. The van der Waals surface area contributed by atoms with Gasteiger partial charge >= 0.3 is 0 Å². The maximum Gasteiger partial charge on any atom is 0.138 e. The van der Waals surface area contributed by atoms with Crippen LogP contribution in [0.2, 0.25) is 0 Å². The Hall–Kier alpha value is -2.13. The molecule has 0 saturated heterocycles. The normalized spacial score (nSPS) is 11.1. The van der Waals surface area contributed by atoms with E-state index in [2.05, 4.69) is 71.6 Å². The topological polar surface area (TPSA) is 40.7 Å². The zero-order valence-electron chi connectivity index (χ0n) is 11.9. The molecule has 3 aromatic rings. The van der Waals surface area contributed by atoms with Crippen molar-refractivity contribution in [3.8, 4) is 11.4 Å². The van der Waals surface area contributed by atoms with E-state index >= 15 is 0 Å². The molecule has 20 heavy (non-hydrogen) atoms. The summed E-state index contributed by atoms with van der Waals surface area (Å²) in [6, 6.07) is 14.8. The molecule has 1 heterocycles. The van der Waals surface area contributed by atoms with Crippen LogP contribution in [0, 0.1) is 6.92 Å². The smallest absolute Gasteiger partial charge is 0.138 e. The van der Waals surface area contributed by atoms with Crippen LogP contribution in [0.25, 0.3) is 22.4 Å². The SMILES string of the molecule is CCNCc1ccc2nc(-c3cccc(C)c3)[nH]c2c1. The lowest BCUT2D eigenvalue weighted by Crippen LogP contribution is -2.11. The Balaban J connectivity index is 1.98. The summed E-state index contributed by atoms with van der Waals surface area (Å²) < 4.78 is 0. The first-order valence-corrected chi connectivity index (χ1v) is 7.02. The van der Waals surface area contributed by atoms with Crippen molar-refractivity contribution in [1.82, 2.24) is 15.3 Å². The average molecular weight is 265 g/mol. The fraction of sp³-hybridized carbons (Fsp3) is 0.235. The molecule has 0 atom stereocenters. The van der Waals surface area contributed by atoms with Gasteiger partial charge in [0.05, 0.1) is 11.0 Å². The van der Waals surface area contributed by atoms with Crippen LogP contribution in [0.1, 0.15) is 18.1 Å². The number of aromatic amines is 1. The first-order chi connectivity index (χ1) is 9.76. The molecule has 2 N–H and O–H groups in total. The Morgan fingerprint density at radius 2 is 2.05 bits per heavy atom. The van der Waals surface area contributed by atoms with Gasteiger partial charge in [-0.05, 0) is 37.2 Å². The summed E-state index contributed by atoms with van der Waals surface area (Å²) in [6.45, 7) is 6.09. The summed E-state index contributed by atoms with van der Waals surface area (Å²) >= 11 is 0. The Kier molecular flexibility index (Phi) is 3.52. The molecule has 0 saturated carbocycles. The molecule has 0 unspecified atom stereocenters. The number of imidazole rings is 1. The molecule has 0 bridgehead atoms. The number of fused-ring (bicyclic) bond motifs is 1. The first-order valence-electron chi connectivity index (χ1n) is 7.02. The largest absolute Gasteiger partial charge is 0.338 e. The predicted molar refractivity (Wildman–Crippen MR) is 83.6 cm³/mol. The number of nitrogens with one attached hydrogen (secondary N) is 2. The molecule has 3 rings (SSSR count). The highest BCUT2D eigenvalue weighted by Gasteiger charge is 2.06. The van der Waals surface area contributed by atoms with Crippen molar-refractivity contribution in [3.05, 3.63) is 53.6 Å². The van der Waals surface area contributed by atoms with Crippen molar-refractivity contribution in [2.24, 2.45) is 0 Å². The van der Waals surface area contributed by atoms with Gasteiger partial charge in [0.15, 0.2) is 0 Å². The van der Waals surface area contributed by atoms with E-state index in [0.29, 0.717) is 0 Å². The molecule has 0 aliphatic carbocycles. The van der Waals surface area contributed by atoms with Crippen molar-refractivity contribution in [2.75, 3.05) is 6.54 Å². The molecule has 0 amide bonds. The Bertz CT molecular complexity index is 728. The number of hydrogen-bond acceptors (Lipinski definition) is 2. The number of H-pyrrole nitrogens is 1. The van der Waals surface area contributed by atoms with E-state index in [4.69, 9.17) is 0 Å². The minimum absolute atomic E-state index is 0.894. The van der Waals surface area contributed by atoms with Crippen LogP contribution in [-0.4, -0.2) is 16.5 Å². The Labute approximate surface area is 119 Å². The van der Waals surface area contributed by atoms with E-state index in [0.717, 1.165) is 35.5 Å². The van der Waals surface area contributed by atoms with Gasteiger partial charge in [0, 0.05) is 12.1 Å². The lowest BCUT2D eigenvalue weighted by Gasteiger charge is -2.01. The van der Waals surface area contributed by atoms with Gasteiger partial charge < -0.3 is 10.3 Å². The fourth-order valence-electron chi connectivity index (χ4n) is 2.37. The highest BCUT2D eigenvalue weighted by atomic mass is 14.9. The van der Waals surface area contributed by atoms with E-state index in [1.807, 2.05) is 0 Å². The number of hydrogen-bond donors (Lipinski definition) is 2. The van der Waals surface area contributed by atoms with Gasteiger partial charge in [-0.15, -0.1) is 0 Å². The molecule has 0 spiro atoms. The van der Waals surface area contributed by atoms with Gasteiger partial charge in [-0.3, -0.25) is 0 Å². The van der Waals surface area contributed by atoms with Crippen molar-refractivity contribution < 1.29 is 0 Å². The van der Waals surface area contributed by atoms with E-state index in [1.54, 1.807) is 0 Å². The molecule has 102 valence electrons. The summed E-state index contributed by atoms with van der Waals surface area (Å²) in [5.41, 5.74) is 5.77. The summed E-state index contributed by atoms with van der Waals surface area (Å²) in [7, 11) is 0. The molecule has 3 heteroatoms. The number of aromatic nitrogens is 2. The summed E-state index contributed by atoms with van der Waals surface area (Å²) in [6.07, 6.45) is 0. The second kappa shape index (κ2) is 5.47. The molecule has 0 radical (unpaired) electrons. The first kappa shape index (κ1) is 12.9. The zero-order chi connectivity index (χ0) is 13.9. The second-order valence-electron chi connectivity index (χ2n) is 5.09. The maximum absolute atomic E-state index is 4.67. The number of rotatable bonds is 4. The Morgan fingerprint density at radius 1 is 1.15 bits per heavy atom. The zero-order valence-corrected chi connectivity index (χ0v) is 11.9. The summed E-state index contributed by atoms with van der Waals surface area (Å²) in [5, 5.41) is 3.34. The molecule has 0 fully saturated rings. The van der Waals surface area contributed by atoms with Crippen molar-refractivity contribution in [3.63, 3.8) is 0 Å². The van der Waals surface area contributed by atoms with Crippen LogP contribution in [0.4, 0.5) is 0 Å². The lowest BCUT2D eigenvalue weighted by atomic mass is 10.1. The fourth-order valence-corrected chi connectivity index (χ4v) is 2.37. The van der Waals surface area contributed by atoms with Gasteiger partial charge in [0.1, 0.15) is 5.82 Å². The molecule has 2 aromatic carbocycles. The highest BCUT2D eigenvalue weighted by molar-refractivity contribution is 5.80. The lowest BCUT2D eigenvalue weighted by molar-refractivity contribution is 0.727. The van der Waals surface area contributed by atoms with E-state index in [1.165, 1.54) is 11.1 Å². The van der Waals surface area contributed by atoms with E-state index < -0.39 is 0 Å². The van der Waals surface area contributed by atoms with E-state index in [-0.39, 0.29) is 0 Å². The van der Waals surface area contributed by atoms with Crippen LogP contribution >= 0.6 is 0 Å². The van der Waals surface area contributed by atoms with Gasteiger partial charge in [-0.2, -0.15) is 0 Å². The monoisotopic (exact) mass is 265 g/mol. The number of aryl methyl sites for hydroxylation is 1. The molecule has 0 aliphatic rings. The summed E-state index contributed by atoms with van der Waals surface area (Å²) in [4.78, 5) is 8.09. The third-order valence-corrected chi connectivity index (χ3v) is 3.42. The summed E-state index contributed by atoms with van der Waals surface area (Å²) in [5.74, 6) is 0.935. The minimum atomic E-state index is 0.894. The Morgan fingerprint density at radius 3 is 2.85 bits per heavy atom. The van der Waals surface area contributed by atoms with Crippen molar-refractivity contribution in [2.45, 2.75) is 20.4 Å². The molecule has 3 nitrogen and oxygen atoms in total. The van der Waals surface area contributed by atoms with Gasteiger partial charge in [-0.25, -0.2) is 4.98 Å². The third kappa shape index (κ3) is 2.58. The standard InChI is InChI=1S/C17H19N3/c1-3-18-11-13-7-8-15-16(10-13)20-17(19-15)14-6-4-5-12(2)9-14/h4-10,18H,3,11H2,1-2H3,(H,19,20). The molecule has 0 aliphatic heterocycles. The van der Waals surface area contributed by atoms with Gasteiger partial charge in [-0.1, -0.05) is 36.8 Å². The predicted octanol–water partition coefficient (Wildman–Crippen LogP) is 3.65. The van der Waals surface area contributed by atoms with Crippen molar-refractivity contribution in [1.29, 1.82) is 0 Å². The number of benzene rings is 2. The van der Waals surface area contributed by atoms with Crippen LogP contribution in [0.3, 0.4) is 0 Å². The van der Waals surface area contributed by atoms with Gasteiger partial charge in [0.2, 0.25) is 0 Å². The number of nitrogens with zero attached hydrogens (tertiary/aromatic N) is 1. The highest BCUT2D eigenvalue weighted by Crippen LogP contribution is 2.22. The van der Waals surface area contributed by atoms with Crippen LogP contribution in [0.15, 0.2) is 42.5 Å². The van der Waals surface area contributed by atoms with E-state index in [9.17, 15) is 0 Å². The molecular formula is C17H19N3. The minimum Gasteiger partial charge on any atom is -0.338 e. The molecular weight excluding hydrogens is 246 g/mol. The van der Waals surface area contributed by atoms with Crippen LogP contribution in [0.5, 0.6) is 0 Å². The van der Waals surface area contributed by atoms with Crippen LogP contribution < -0.4 is 5.32 Å². The quantitative estimate of drug-likeness (QED) is 0.756. The van der Waals surface area contributed by atoms with Gasteiger partial charge in [0.25, 0.3) is 0 Å². The van der Waals surface area contributed by atoms with Crippen LogP contribution in [-0.2, 0) is 6.54 Å². The average Bonchev–Trinajstić information content (AvgIpc) is 2.88.